The average molecular weight is 516 g/mol. The molecule has 11 heteroatoms. The Labute approximate surface area is 203 Å². The van der Waals surface area contributed by atoms with Gasteiger partial charge in [-0.2, -0.15) is 0 Å². The van der Waals surface area contributed by atoms with Gasteiger partial charge < -0.3 is 10.2 Å². The van der Waals surface area contributed by atoms with Gasteiger partial charge in [0.2, 0.25) is 21.8 Å². The number of anilines is 1. The van der Waals surface area contributed by atoms with E-state index in [2.05, 4.69) is 5.32 Å². The van der Waals surface area contributed by atoms with Gasteiger partial charge in [-0.25, -0.2) is 17.2 Å². The number of amides is 2. The van der Waals surface area contributed by atoms with Crippen LogP contribution in [0.4, 0.5) is 14.5 Å². The van der Waals surface area contributed by atoms with E-state index in [1.165, 1.54) is 11.8 Å². The summed E-state index contributed by atoms with van der Waals surface area (Å²) < 4.78 is 52.7. The van der Waals surface area contributed by atoms with Crippen molar-refractivity contribution >= 4 is 39.1 Å². The maximum absolute atomic E-state index is 13.8. The summed E-state index contributed by atoms with van der Waals surface area (Å²) >= 11 is 6.24. The molecule has 1 atom stereocenters. The molecule has 1 unspecified atom stereocenters. The van der Waals surface area contributed by atoms with Gasteiger partial charge in [0, 0.05) is 24.2 Å². The van der Waals surface area contributed by atoms with E-state index in [1.54, 1.807) is 24.3 Å². The van der Waals surface area contributed by atoms with E-state index in [4.69, 9.17) is 11.6 Å². The van der Waals surface area contributed by atoms with Gasteiger partial charge in [-0.15, -0.1) is 0 Å². The van der Waals surface area contributed by atoms with E-state index in [9.17, 15) is 26.8 Å². The Balaban J connectivity index is 2.38. The number of halogens is 3. The molecule has 0 aliphatic heterocycles. The van der Waals surface area contributed by atoms with Crippen LogP contribution in [0.15, 0.2) is 42.5 Å². The van der Waals surface area contributed by atoms with Gasteiger partial charge >= 0.3 is 0 Å². The first kappa shape index (κ1) is 27.5. The lowest BCUT2D eigenvalue weighted by Gasteiger charge is -2.31. The molecule has 2 aromatic carbocycles. The van der Waals surface area contributed by atoms with Crippen molar-refractivity contribution in [3.05, 3.63) is 64.7 Å². The number of sulfonamides is 1. The first-order chi connectivity index (χ1) is 16.0. The monoisotopic (exact) mass is 515 g/mol. The highest BCUT2D eigenvalue weighted by Gasteiger charge is 2.30. The second kappa shape index (κ2) is 12.1. The summed E-state index contributed by atoms with van der Waals surface area (Å²) in [5.74, 6) is -3.53. The van der Waals surface area contributed by atoms with Crippen molar-refractivity contribution in [2.75, 3.05) is 23.7 Å². The molecule has 0 saturated heterocycles. The van der Waals surface area contributed by atoms with Crippen molar-refractivity contribution in [2.45, 2.75) is 39.3 Å². The fraction of sp³-hybridized carbons (Fsp3) is 0.391. The minimum Gasteiger partial charge on any atom is -0.354 e. The fourth-order valence-electron chi connectivity index (χ4n) is 3.18. The van der Waals surface area contributed by atoms with Crippen LogP contribution in [0, 0.1) is 11.6 Å². The lowest BCUT2D eigenvalue weighted by molar-refractivity contribution is -0.139. The van der Waals surface area contributed by atoms with Crippen LogP contribution in [-0.4, -0.2) is 50.5 Å². The van der Waals surface area contributed by atoms with E-state index in [0.29, 0.717) is 27.5 Å². The predicted octanol–water partition coefficient (Wildman–Crippen LogP) is 3.72. The predicted molar refractivity (Wildman–Crippen MR) is 128 cm³/mol. The Kier molecular flexibility index (Phi) is 9.81. The van der Waals surface area contributed by atoms with E-state index in [1.807, 2.05) is 6.92 Å². The summed E-state index contributed by atoms with van der Waals surface area (Å²) in [6.45, 7) is 3.15. The summed E-state index contributed by atoms with van der Waals surface area (Å²) in [5.41, 5.74) is 0.344. The Morgan fingerprint density at radius 1 is 1.12 bits per heavy atom. The zero-order chi connectivity index (χ0) is 25.5. The van der Waals surface area contributed by atoms with Gasteiger partial charge in [0.25, 0.3) is 0 Å². The minimum absolute atomic E-state index is 0.0593. The number of nitrogens with zero attached hydrogens (tertiary/aromatic N) is 2. The van der Waals surface area contributed by atoms with Crippen LogP contribution in [0.1, 0.15) is 32.3 Å². The maximum Gasteiger partial charge on any atom is 0.244 e. The second-order valence-corrected chi connectivity index (χ2v) is 10.1. The SMILES string of the molecule is CCCCNC(=O)C(C)N(Cc1ccccc1Cl)C(=O)CN(c1ccc(F)c(F)c1)S(C)(=O)=O. The molecule has 7 nitrogen and oxygen atoms in total. The first-order valence-corrected chi connectivity index (χ1v) is 12.9. The first-order valence-electron chi connectivity index (χ1n) is 10.7. The molecule has 186 valence electrons. The minimum atomic E-state index is -4.05. The number of rotatable bonds is 11. The van der Waals surface area contributed by atoms with Crippen molar-refractivity contribution in [2.24, 2.45) is 0 Å². The van der Waals surface area contributed by atoms with Crippen LogP contribution in [0.2, 0.25) is 5.02 Å². The summed E-state index contributed by atoms with van der Waals surface area (Å²) in [4.78, 5) is 27.3. The number of unbranched alkanes of at least 4 members (excludes halogenated alkanes) is 1. The van der Waals surface area contributed by atoms with Gasteiger partial charge in [0.15, 0.2) is 11.6 Å². The molecule has 0 heterocycles. The van der Waals surface area contributed by atoms with Crippen LogP contribution in [0.25, 0.3) is 0 Å². The highest BCUT2D eigenvalue weighted by atomic mass is 35.5. The maximum atomic E-state index is 13.8. The van der Waals surface area contributed by atoms with Crippen LogP contribution < -0.4 is 9.62 Å². The molecule has 0 aliphatic carbocycles. The topological polar surface area (TPSA) is 86.8 Å². The van der Waals surface area contributed by atoms with Gasteiger partial charge in [0.1, 0.15) is 12.6 Å². The highest BCUT2D eigenvalue weighted by Crippen LogP contribution is 2.23. The molecule has 0 bridgehead atoms. The van der Waals surface area contributed by atoms with Gasteiger partial charge in [0.05, 0.1) is 11.9 Å². The summed E-state index contributed by atoms with van der Waals surface area (Å²) in [6.07, 6.45) is 2.48. The zero-order valence-corrected chi connectivity index (χ0v) is 20.8. The summed E-state index contributed by atoms with van der Waals surface area (Å²) in [7, 11) is -4.05. The van der Waals surface area contributed by atoms with Crippen LogP contribution >= 0.6 is 11.6 Å². The molecule has 2 aromatic rings. The lowest BCUT2D eigenvalue weighted by atomic mass is 10.1. The van der Waals surface area contributed by atoms with Crippen molar-refractivity contribution in [1.82, 2.24) is 10.2 Å². The third-order valence-corrected chi connectivity index (χ3v) is 6.68. The standard InChI is InChI=1S/C23H28ClF2N3O4S/c1-4-5-12-27-23(31)16(2)28(14-17-8-6-7-9-19(17)24)22(30)15-29(34(3,32)33)18-10-11-20(25)21(26)13-18/h6-11,13,16H,4-5,12,14-15H2,1-3H3,(H,27,31). The van der Waals surface area contributed by atoms with Gasteiger partial charge in [-0.1, -0.05) is 43.1 Å². The molecular weight excluding hydrogens is 488 g/mol. The van der Waals surface area contributed by atoms with Crippen LogP contribution in [0.3, 0.4) is 0 Å². The van der Waals surface area contributed by atoms with Crippen molar-refractivity contribution in [1.29, 1.82) is 0 Å². The Bertz CT molecular complexity index is 1130. The molecule has 0 saturated carbocycles. The Morgan fingerprint density at radius 2 is 1.79 bits per heavy atom. The van der Waals surface area contributed by atoms with E-state index < -0.39 is 46.1 Å². The smallest absolute Gasteiger partial charge is 0.244 e. The second-order valence-electron chi connectivity index (χ2n) is 7.80. The van der Waals surface area contributed by atoms with Gasteiger partial charge in [-0.05, 0) is 37.1 Å². The molecule has 1 N–H and O–H groups in total. The molecule has 0 radical (unpaired) electrons. The van der Waals surface area contributed by atoms with Crippen molar-refractivity contribution < 1.29 is 26.8 Å². The molecule has 2 amide bonds. The summed E-state index contributed by atoms with van der Waals surface area (Å²) in [6, 6.07) is 8.34. The van der Waals surface area contributed by atoms with Crippen LogP contribution in [-0.2, 0) is 26.2 Å². The van der Waals surface area contributed by atoms with Crippen LogP contribution in [0.5, 0.6) is 0 Å². The largest absolute Gasteiger partial charge is 0.354 e. The molecule has 0 fully saturated rings. The fourth-order valence-corrected chi connectivity index (χ4v) is 4.22. The normalized spacial score (nSPS) is 12.2. The zero-order valence-electron chi connectivity index (χ0n) is 19.2. The molecule has 0 aromatic heterocycles. The number of hydrogen-bond donors (Lipinski definition) is 1. The Hall–Kier alpha value is -2.72. The average Bonchev–Trinajstić information content (AvgIpc) is 2.77. The van der Waals surface area contributed by atoms with E-state index in [-0.39, 0.29) is 12.2 Å². The van der Waals surface area contributed by atoms with Crippen molar-refractivity contribution in [3.8, 4) is 0 Å². The molecule has 34 heavy (non-hydrogen) atoms. The molecule has 2 rings (SSSR count). The molecule has 0 aliphatic rings. The highest BCUT2D eigenvalue weighted by molar-refractivity contribution is 7.92. The quantitative estimate of drug-likeness (QED) is 0.462. The Morgan fingerprint density at radius 3 is 2.38 bits per heavy atom. The summed E-state index contributed by atoms with van der Waals surface area (Å²) in [5, 5.41) is 3.13. The van der Waals surface area contributed by atoms with E-state index in [0.717, 1.165) is 31.2 Å². The third-order valence-electron chi connectivity index (χ3n) is 5.17. The number of benzene rings is 2. The molecule has 0 spiro atoms. The molecular formula is C23H28ClF2N3O4S. The lowest BCUT2D eigenvalue weighted by Crippen LogP contribution is -2.51. The third kappa shape index (κ3) is 7.39. The number of carbonyl (C=O) groups is 2. The van der Waals surface area contributed by atoms with Gasteiger partial charge in [-0.3, -0.25) is 13.9 Å². The number of nitrogens with one attached hydrogen (secondary N) is 1. The number of carbonyl (C=O) groups excluding carboxylic acids is 2. The number of hydrogen-bond acceptors (Lipinski definition) is 4. The van der Waals surface area contributed by atoms with E-state index >= 15 is 0 Å². The van der Waals surface area contributed by atoms with Crippen molar-refractivity contribution in [3.63, 3.8) is 0 Å².